The normalized spacial score (nSPS) is 40.5. The highest BCUT2D eigenvalue weighted by molar-refractivity contribution is 6.05. The molecule has 0 aliphatic heterocycles. The Morgan fingerprint density at radius 3 is 2.52 bits per heavy atom. The number of benzene rings is 1. The number of rotatable bonds is 2. The highest BCUT2D eigenvalue weighted by atomic mass is 16.5. The average Bonchev–Trinajstić information content (AvgIpc) is 2.99. The van der Waals surface area contributed by atoms with Crippen molar-refractivity contribution in [1.82, 2.24) is 0 Å². The van der Waals surface area contributed by atoms with Crippen LogP contribution >= 0.6 is 0 Å². The Labute approximate surface area is 185 Å². The number of hydrogen-bond donors (Lipinski definition) is 0. The van der Waals surface area contributed by atoms with E-state index in [4.69, 9.17) is 4.74 Å². The molecular weight excluding hydrogens is 384 g/mol. The van der Waals surface area contributed by atoms with Crippen molar-refractivity contribution >= 4 is 17.8 Å². The van der Waals surface area contributed by atoms with E-state index in [2.05, 4.69) is 38.1 Å². The maximum absolute atomic E-state index is 13.5. The first-order valence-corrected chi connectivity index (χ1v) is 12.0. The first-order valence-electron chi connectivity index (χ1n) is 12.0. The van der Waals surface area contributed by atoms with E-state index in [1.807, 2.05) is 18.2 Å². The number of ketones is 1. The molecule has 0 radical (unpaired) electrons. The lowest BCUT2D eigenvalue weighted by Crippen LogP contribution is -2.50. The van der Waals surface area contributed by atoms with Gasteiger partial charge in [0.1, 0.15) is 6.10 Å². The lowest BCUT2D eigenvalue weighted by Gasteiger charge is -2.56. The lowest BCUT2D eigenvalue weighted by atomic mass is 9.48. The number of carbonyl (C=O) groups is 2. The van der Waals surface area contributed by atoms with Crippen LogP contribution in [0, 0.1) is 28.6 Å². The first-order chi connectivity index (χ1) is 14.8. The van der Waals surface area contributed by atoms with Crippen molar-refractivity contribution in [2.24, 2.45) is 28.6 Å². The van der Waals surface area contributed by atoms with Gasteiger partial charge < -0.3 is 4.74 Å². The minimum atomic E-state index is -0.210. The molecule has 0 amide bonds. The summed E-state index contributed by atoms with van der Waals surface area (Å²) in [6.45, 7) is 6.19. The first kappa shape index (κ1) is 20.7. The van der Waals surface area contributed by atoms with Gasteiger partial charge in [-0.2, -0.15) is 0 Å². The summed E-state index contributed by atoms with van der Waals surface area (Å²) in [6, 6.07) is 10.3. The molecule has 1 aromatic rings. The van der Waals surface area contributed by atoms with Gasteiger partial charge in [-0.3, -0.25) is 9.59 Å². The summed E-state index contributed by atoms with van der Waals surface area (Å²) < 4.78 is 5.56. The van der Waals surface area contributed by atoms with Crippen molar-refractivity contribution in [2.45, 2.75) is 71.8 Å². The van der Waals surface area contributed by atoms with Crippen LogP contribution in [-0.2, 0) is 14.3 Å². The number of fused-ring (bicyclic) bond motifs is 5. The molecule has 3 nitrogen and oxygen atoms in total. The van der Waals surface area contributed by atoms with Gasteiger partial charge in [0.25, 0.3) is 0 Å². The number of carbonyl (C=O) groups excluding carboxylic acids is 2. The van der Waals surface area contributed by atoms with Gasteiger partial charge in [-0.1, -0.05) is 55.8 Å². The van der Waals surface area contributed by atoms with Gasteiger partial charge >= 0.3 is 5.97 Å². The maximum Gasteiger partial charge on any atom is 0.302 e. The van der Waals surface area contributed by atoms with Crippen molar-refractivity contribution in [3.63, 3.8) is 0 Å². The molecule has 6 atom stereocenters. The van der Waals surface area contributed by atoms with Gasteiger partial charge in [-0.05, 0) is 78.9 Å². The molecule has 0 unspecified atom stereocenters. The largest absolute Gasteiger partial charge is 0.462 e. The average molecular weight is 419 g/mol. The van der Waals surface area contributed by atoms with Crippen molar-refractivity contribution in [2.75, 3.05) is 0 Å². The summed E-state index contributed by atoms with van der Waals surface area (Å²) in [5.41, 5.74) is 3.64. The zero-order valence-electron chi connectivity index (χ0n) is 19.0. The topological polar surface area (TPSA) is 43.4 Å². The van der Waals surface area contributed by atoms with E-state index in [-0.39, 0.29) is 22.9 Å². The van der Waals surface area contributed by atoms with Crippen molar-refractivity contribution in [3.8, 4) is 0 Å². The molecule has 0 bridgehead atoms. The summed E-state index contributed by atoms with van der Waals surface area (Å²) in [5.74, 6) is 1.86. The van der Waals surface area contributed by atoms with Crippen LogP contribution < -0.4 is 0 Å². The molecule has 0 saturated heterocycles. The minimum Gasteiger partial charge on any atom is -0.462 e. The smallest absolute Gasteiger partial charge is 0.302 e. The molecule has 0 N–H and O–H groups in total. The summed E-state index contributed by atoms with van der Waals surface area (Å²) in [5, 5.41) is 0. The third-order valence-corrected chi connectivity index (χ3v) is 9.17. The predicted octanol–water partition coefficient (Wildman–Crippen LogP) is 6.14. The fraction of sp³-hybridized carbons (Fsp3) is 0.571. The molecule has 3 fully saturated rings. The summed E-state index contributed by atoms with van der Waals surface area (Å²) in [7, 11) is 0. The van der Waals surface area contributed by atoms with Gasteiger partial charge in [0.15, 0.2) is 5.78 Å². The lowest BCUT2D eigenvalue weighted by molar-refractivity contribution is -0.148. The standard InChI is InChI=1S/C28H34O3/c1-18(29)31-22-11-13-27(2)21(17-22)9-10-23-24(27)12-14-28(3)25(23)16-20(26(28)30)15-19-7-5-4-6-8-19/h4-9,15,22-25H,10-14,16-17H2,1-3H3/b20-15+/t22-,23+,24-,25-,27+,28+/m1/s1. The molecule has 0 heterocycles. The van der Waals surface area contributed by atoms with Gasteiger partial charge in [-0.25, -0.2) is 0 Å². The fourth-order valence-corrected chi connectivity index (χ4v) is 7.51. The second-order valence-corrected chi connectivity index (χ2v) is 10.8. The van der Waals surface area contributed by atoms with Gasteiger partial charge in [0.2, 0.25) is 0 Å². The van der Waals surface area contributed by atoms with Crippen LogP contribution in [0.2, 0.25) is 0 Å². The molecule has 3 saturated carbocycles. The minimum absolute atomic E-state index is 0.0377. The van der Waals surface area contributed by atoms with E-state index in [9.17, 15) is 9.59 Å². The molecule has 164 valence electrons. The van der Waals surface area contributed by atoms with Gasteiger partial charge in [0, 0.05) is 18.8 Å². The molecular formula is C28H34O3. The molecule has 31 heavy (non-hydrogen) atoms. The number of Topliss-reactive ketones (excluding diaryl/α,β-unsaturated/α-hetero) is 1. The third-order valence-electron chi connectivity index (χ3n) is 9.17. The van der Waals surface area contributed by atoms with Crippen LogP contribution in [0.5, 0.6) is 0 Å². The molecule has 4 aliphatic rings. The molecule has 5 rings (SSSR count). The molecule has 1 aromatic carbocycles. The van der Waals surface area contributed by atoms with Crippen LogP contribution in [0.25, 0.3) is 6.08 Å². The predicted molar refractivity (Wildman–Crippen MR) is 122 cm³/mol. The summed E-state index contributed by atoms with van der Waals surface area (Å²) >= 11 is 0. The van der Waals surface area contributed by atoms with Crippen molar-refractivity contribution < 1.29 is 14.3 Å². The number of hydrogen-bond acceptors (Lipinski definition) is 3. The highest BCUT2D eigenvalue weighted by Gasteiger charge is 2.59. The zero-order chi connectivity index (χ0) is 21.8. The van der Waals surface area contributed by atoms with E-state index in [0.717, 1.165) is 56.1 Å². The number of ether oxygens (including phenoxy) is 1. The van der Waals surface area contributed by atoms with Gasteiger partial charge in [-0.15, -0.1) is 0 Å². The van der Waals surface area contributed by atoms with Crippen LogP contribution in [0.3, 0.4) is 0 Å². The van der Waals surface area contributed by atoms with Crippen LogP contribution in [0.15, 0.2) is 47.6 Å². The van der Waals surface area contributed by atoms with E-state index >= 15 is 0 Å². The maximum atomic E-state index is 13.5. The van der Waals surface area contributed by atoms with E-state index in [1.165, 1.54) is 12.5 Å². The third kappa shape index (κ3) is 3.32. The van der Waals surface area contributed by atoms with E-state index in [1.54, 1.807) is 0 Å². The SMILES string of the molecule is CC(=O)O[C@@H]1CC[C@@]2(C)C(=CC[C@H]3[C@H]2CC[C@]2(C)C(=O)/C(=C/c4ccccc4)C[C@H]32)C1. The van der Waals surface area contributed by atoms with Gasteiger partial charge in [0.05, 0.1) is 0 Å². The highest BCUT2D eigenvalue weighted by Crippen LogP contribution is 2.64. The molecule has 0 aromatic heterocycles. The summed E-state index contributed by atoms with van der Waals surface area (Å²) in [6.07, 6.45) is 11.7. The quantitative estimate of drug-likeness (QED) is 0.329. The van der Waals surface area contributed by atoms with Crippen LogP contribution in [0.1, 0.15) is 71.3 Å². The fourth-order valence-electron chi connectivity index (χ4n) is 7.51. The molecule has 4 aliphatic carbocycles. The molecule has 3 heteroatoms. The Morgan fingerprint density at radius 2 is 1.77 bits per heavy atom. The van der Waals surface area contributed by atoms with Crippen LogP contribution in [0.4, 0.5) is 0 Å². The van der Waals surface area contributed by atoms with Crippen molar-refractivity contribution in [3.05, 3.63) is 53.1 Å². The Morgan fingerprint density at radius 1 is 1.03 bits per heavy atom. The zero-order valence-corrected chi connectivity index (χ0v) is 19.0. The second-order valence-electron chi connectivity index (χ2n) is 10.8. The Kier molecular flexibility index (Phi) is 4.99. The molecule has 0 spiro atoms. The monoisotopic (exact) mass is 418 g/mol. The Hall–Kier alpha value is -2.16. The van der Waals surface area contributed by atoms with E-state index in [0.29, 0.717) is 23.5 Å². The number of esters is 1. The summed E-state index contributed by atoms with van der Waals surface area (Å²) in [4.78, 5) is 25.0. The Balaban J connectivity index is 1.42. The second kappa shape index (κ2) is 7.46. The Bertz CT molecular complexity index is 958. The van der Waals surface area contributed by atoms with E-state index < -0.39 is 0 Å². The van der Waals surface area contributed by atoms with Crippen molar-refractivity contribution in [1.29, 1.82) is 0 Å². The number of allylic oxidation sites excluding steroid dienone is 2. The van der Waals surface area contributed by atoms with Crippen LogP contribution in [-0.4, -0.2) is 17.9 Å².